The summed E-state index contributed by atoms with van der Waals surface area (Å²) >= 11 is 12.0. The molecule has 0 aromatic heterocycles. The Labute approximate surface area is 110 Å². The first-order valence-electron chi connectivity index (χ1n) is 5.22. The van der Waals surface area contributed by atoms with Gasteiger partial charge in [0.15, 0.2) is 0 Å². The highest BCUT2D eigenvalue weighted by Gasteiger charge is 2.30. The summed E-state index contributed by atoms with van der Waals surface area (Å²) in [6.07, 6.45) is -0.622. The molecule has 0 radical (unpaired) electrons. The quantitative estimate of drug-likeness (QED) is 0.859. The van der Waals surface area contributed by atoms with E-state index in [0.717, 1.165) is 0 Å². The van der Waals surface area contributed by atoms with E-state index >= 15 is 0 Å². The summed E-state index contributed by atoms with van der Waals surface area (Å²) in [5, 5.41) is 10.9. The van der Waals surface area contributed by atoms with Gasteiger partial charge in [-0.25, -0.2) is 0 Å². The van der Waals surface area contributed by atoms with E-state index in [2.05, 4.69) is 4.74 Å². The van der Waals surface area contributed by atoms with Gasteiger partial charge in [-0.3, -0.25) is 4.79 Å². The number of rotatable bonds is 4. The molecule has 0 fully saturated rings. The molecule has 0 saturated heterocycles. The van der Waals surface area contributed by atoms with Crippen molar-refractivity contribution in [2.24, 2.45) is 5.92 Å². The van der Waals surface area contributed by atoms with Gasteiger partial charge in [0.05, 0.1) is 19.1 Å². The third kappa shape index (κ3) is 3.12. The van der Waals surface area contributed by atoms with Gasteiger partial charge in [0.25, 0.3) is 0 Å². The number of carbonyl (C=O) groups excluding carboxylic acids is 1. The van der Waals surface area contributed by atoms with Crippen LogP contribution in [0.2, 0.25) is 10.0 Å². The van der Waals surface area contributed by atoms with Crippen LogP contribution >= 0.6 is 23.2 Å². The molecule has 2 atom stereocenters. The zero-order valence-corrected chi connectivity index (χ0v) is 11.1. The normalized spacial score (nSPS) is 14.2. The molecule has 17 heavy (non-hydrogen) atoms. The summed E-state index contributed by atoms with van der Waals surface area (Å²) in [5.74, 6) is -1.15. The fourth-order valence-electron chi connectivity index (χ4n) is 1.66. The van der Waals surface area contributed by atoms with E-state index in [1.807, 2.05) is 0 Å². The summed E-state index contributed by atoms with van der Waals surface area (Å²) < 4.78 is 4.64. The van der Waals surface area contributed by atoms with E-state index < -0.39 is 18.0 Å². The molecule has 0 bridgehead atoms. The zero-order chi connectivity index (χ0) is 13.0. The molecule has 0 aliphatic rings. The maximum Gasteiger partial charge on any atom is 0.311 e. The Bertz CT molecular complexity index is 386. The summed E-state index contributed by atoms with van der Waals surface area (Å²) in [5.41, 5.74) is 0.369. The Balaban J connectivity index is 3.10. The number of esters is 1. The van der Waals surface area contributed by atoms with Crippen molar-refractivity contribution >= 4 is 29.2 Å². The average Bonchev–Trinajstić information content (AvgIpc) is 2.29. The smallest absolute Gasteiger partial charge is 0.311 e. The molecule has 0 heterocycles. The minimum atomic E-state index is -1.06. The number of aliphatic hydroxyl groups excluding tert-OH is 1. The highest BCUT2D eigenvalue weighted by molar-refractivity contribution is 6.36. The topological polar surface area (TPSA) is 46.5 Å². The molecule has 94 valence electrons. The lowest BCUT2D eigenvalue weighted by Gasteiger charge is -2.21. The Kier molecular flexibility index (Phi) is 5.25. The third-order valence-corrected chi connectivity index (χ3v) is 3.28. The van der Waals surface area contributed by atoms with E-state index in [1.54, 1.807) is 25.1 Å². The number of hydrogen-bond donors (Lipinski definition) is 1. The van der Waals surface area contributed by atoms with E-state index in [1.165, 1.54) is 7.11 Å². The van der Waals surface area contributed by atoms with Gasteiger partial charge in [-0.2, -0.15) is 0 Å². The third-order valence-electron chi connectivity index (χ3n) is 2.62. The SMILES string of the molecule is CCC(C(=O)OC)C(O)c1c(Cl)cccc1Cl. The first-order chi connectivity index (χ1) is 8.02. The van der Waals surface area contributed by atoms with Crippen LogP contribution in [0.4, 0.5) is 0 Å². The van der Waals surface area contributed by atoms with Gasteiger partial charge in [0.1, 0.15) is 0 Å². The number of hydrogen-bond acceptors (Lipinski definition) is 3. The molecule has 0 spiro atoms. The summed E-state index contributed by atoms with van der Waals surface area (Å²) in [6.45, 7) is 1.79. The van der Waals surface area contributed by atoms with Crippen molar-refractivity contribution < 1.29 is 14.6 Å². The second-order valence-corrected chi connectivity index (χ2v) is 4.43. The van der Waals surface area contributed by atoms with Crippen LogP contribution in [-0.4, -0.2) is 18.2 Å². The minimum absolute atomic E-state index is 0.340. The van der Waals surface area contributed by atoms with Gasteiger partial charge in [-0.05, 0) is 18.6 Å². The molecule has 0 amide bonds. The molecule has 0 aliphatic carbocycles. The predicted molar refractivity (Wildman–Crippen MR) is 67.2 cm³/mol. The maximum absolute atomic E-state index is 11.5. The van der Waals surface area contributed by atoms with Gasteiger partial charge in [-0.1, -0.05) is 36.2 Å². The Morgan fingerprint density at radius 2 is 1.94 bits per heavy atom. The number of halogens is 2. The lowest BCUT2D eigenvalue weighted by atomic mass is 9.93. The highest BCUT2D eigenvalue weighted by atomic mass is 35.5. The molecule has 3 nitrogen and oxygen atoms in total. The monoisotopic (exact) mass is 276 g/mol. The summed E-state index contributed by atoms with van der Waals surface area (Å²) in [7, 11) is 1.28. The zero-order valence-electron chi connectivity index (χ0n) is 9.61. The highest BCUT2D eigenvalue weighted by Crippen LogP contribution is 2.35. The summed E-state index contributed by atoms with van der Waals surface area (Å²) in [6, 6.07) is 4.92. The predicted octanol–water partition coefficient (Wildman–Crippen LogP) is 3.23. The van der Waals surface area contributed by atoms with Crippen molar-refractivity contribution in [3.63, 3.8) is 0 Å². The van der Waals surface area contributed by atoms with Crippen molar-refractivity contribution in [1.29, 1.82) is 0 Å². The molecular formula is C12H14Cl2O3. The van der Waals surface area contributed by atoms with Crippen molar-refractivity contribution in [3.05, 3.63) is 33.8 Å². The fraction of sp³-hybridized carbons (Fsp3) is 0.417. The molecular weight excluding hydrogens is 263 g/mol. The van der Waals surface area contributed by atoms with E-state index in [9.17, 15) is 9.90 Å². The van der Waals surface area contributed by atoms with Crippen molar-refractivity contribution in [1.82, 2.24) is 0 Å². The molecule has 0 saturated carbocycles. The molecule has 1 aromatic rings. The first-order valence-corrected chi connectivity index (χ1v) is 5.98. The van der Waals surface area contributed by atoms with Crippen molar-refractivity contribution in [3.8, 4) is 0 Å². The van der Waals surface area contributed by atoms with Crippen LogP contribution in [0.15, 0.2) is 18.2 Å². The molecule has 1 N–H and O–H groups in total. The van der Waals surface area contributed by atoms with Gasteiger partial charge < -0.3 is 9.84 Å². The Hall–Kier alpha value is -0.770. The van der Waals surface area contributed by atoms with Crippen LogP contribution in [-0.2, 0) is 9.53 Å². The average molecular weight is 277 g/mol. The Morgan fingerprint density at radius 1 is 1.41 bits per heavy atom. The number of benzene rings is 1. The molecule has 2 unspecified atom stereocenters. The van der Waals surface area contributed by atoms with E-state index in [4.69, 9.17) is 23.2 Å². The van der Waals surface area contributed by atoms with Crippen LogP contribution < -0.4 is 0 Å². The fourth-order valence-corrected chi connectivity index (χ4v) is 2.29. The summed E-state index contributed by atoms with van der Waals surface area (Å²) in [4.78, 5) is 11.5. The minimum Gasteiger partial charge on any atom is -0.469 e. The lowest BCUT2D eigenvalue weighted by molar-refractivity contribution is -0.149. The maximum atomic E-state index is 11.5. The van der Waals surface area contributed by atoms with Crippen molar-refractivity contribution in [2.75, 3.05) is 7.11 Å². The second-order valence-electron chi connectivity index (χ2n) is 3.62. The van der Waals surface area contributed by atoms with Gasteiger partial charge in [-0.15, -0.1) is 0 Å². The van der Waals surface area contributed by atoms with E-state index in [0.29, 0.717) is 22.0 Å². The molecule has 0 aliphatic heterocycles. The van der Waals surface area contributed by atoms with Crippen LogP contribution in [0.25, 0.3) is 0 Å². The number of carbonyl (C=O) groups is 1. The molecule has 1 rings (SSSR count). The number of ether oxygens (including phenoxy) is 1. The lowest BCUT2D eigenvalue weighted by Crippen LogP contribution is -2.23. The van der Waals surface area contributed by atoms with Crippen LogP contribution in [0.3, 0.4) is 0 Å². The number of methoxy groups -OCH3 is 1. The molecule has 5 heteroatoms. The number of aliphatic hydroxyl groups is 1. The molecule has 1 aromatic carbocycles. The van der Waals surface area contributed by atoms with Gasteiger partial charge in [0, 0.05) is 15.6 Å². The van der Waals surface area contributed by atoms with Crippen molar-refractivity contribution in [2.45, 2.75) is 19.4 Å². The van der Waals surface area contributed by atoms with E-state index in [-0.39, 0.29) is 0 Å². The van der Waals surface area contributed by atoms with Gasteiger partial charge >= 0.3 is 5.97 Å². The van der Waals surface area contributed by atoms with Crippen LogP contribution in [0, 0.1) is 5.92 Å². The first kappa shape index (κ1) is 14.3. The van der Waals surface area contributed by atoms with Crippen LogP contribution in [0.1, 0.15) is 25.0 Å². The standard InChI is InChI=1S/C12H14Cl2O3/c1-3-7(12(16)17-2)11(15)10-8(13)5-4-6-9(10)14/h4-7,11,15H,3H2,1-2H3. The van der Waals surface area contributed by atoms with Crippen LogP contribution in [0.5, 0.6) is 0 Å². The largest absolute Gasteiger partial charge is 0.469 e. The second kappa shape index (κ2) is 6.24. The Morgan fingerprint density at radius 3 is 2.35 bits per heavy atom. The van der Waals surface area contributed by atoms with Gasteiger partial charge in [0.2, 0.25) is 0 Å².